The van der Waals surface area contributed by atoms with Crippen LogP contribution in [0.15, 0.2) is 64.4 Å². The van der Waals surface area contributed by atoms with E-state index < -0.39 is 26.0 Å². The van der Waals surface area contributed by atoms with Gasteiger partial charge in [0.1, 0.15) is 0 Å². The number of carbonyl (C=O) groups is 1. The van der Waals surface area contributed by atoms with E-state index in [0.29, 0.717) is 38.2 Å². The molecule has 178 valence electrons. The summed E-state index contributed by atoms with van der Waals surface area (Å²) in [5.74, 6) is -0.747. The fourth-order valence-corrected chi connectivity index (χ4v) is 7.39. The minimum atomic E-state index is -3.65. The third-order valence-corrected chi connectivity index (χ3v) is 10.0. The molecule has 0 unspecified atom stereocenters. The number of sulfonamides is 2. The van der Waals surface area contributed by atoms with Crippen LogP contribution < -0.4 is 5.32 Å². The molecule has 2 fully saturated rings. The second-order valence-corrected chi connectivity index (χ2v) is 12.4. The largest absolute Gasteiger partial charge is 0.326 e. The Balaban J connectivity index is 1.41. The minimum Gasteiger partial charge on any atom is -0.326 e. The van der Waals surface area contributed by atoms with Crippen LogP contribution in [0.5, 0.6) is 0 Å². The number of amides is 1. The smallest absolute Gasteiger partial charge is 0.243 e. The number of hydrogen-bond acceptors (Lipinski definition) is 5. The topological polar surface area (TPSA) is 104 Å². The van der Waals surface area contributed by atoms with Crippen molar-refractivity contribution in [3.63, 3.8) is 0 Å². The van der Waals surface area contributed by atoms with Gasteiger partial charge >= 0.3 is 0 Å². The van der Waals surface area contributed by atoms with E-state index in [2.05, 4.69) is 5.32 Å². The first-order valence-electron chi connectivity index (χ1n) is 11.2. The lowest BCUT2D eigenvalue weighted by molar-refractivity contribution is -0.120. The summed E-state index contributed by atoms with van der Waals surface area (Å²) in [4.78, 5) is 13.3. The van der Waals surface area contributed by atoms with E-state index in [9.17, 15) is 21.6 Å². The molecular weight excluding hydrogens is 462 g/mol. The van der Waals surface area contributed by atoms with Crippen LogP contribution in [0.4, 0.5) is 5.69 Å². The lowest BCUT2D eigenvalue weighted by atomic mass is 9.99. The summed E-state index contributed by atoms with van der Waals surface area (Å²) in [5, 5.41) is 2.81. The highest BCUT2D eigenvalue weighted by atomic mass is 32.2. The number of rotatable bonds is 6. The Morgan fingerprint density at radius 2 is 1.30 bits per heavy atom. The van der Waals surface area contributed by atoms with Gasteiger partial charge in [0.25, 0.3) is 0 Å². The molecule has 1 atom stereocenters. The maximum Gasteiger partial charge on any atom is 0.243 e. The molecule has 0 radical (unpaired) electrons. The van der Waals surface area contributed by atoms with Crippen molar-refractivity contribution in [1.29, 1.82) is 0 Å². The lowest BCUT2D eigenvalue weighted by Gasteiger charge is -2.31. The molecule has 0 bridgehead atoms. The molecule has 4 rings (SSSR count). The van der Waals surface area contributed by atoms with Gasteiger partial charge in [-0.2, -0.15) is 8.61 Å². The number of nitrogens with zero attached hydrogens (tertiary/aromatic N) is 2. The summed E-state index contributed by atoms with van der Waals surface area (Å²) < 4.78 is 54.3. The molecule has 33 heavy (non-hydrogen) atoms. The average Bonchev–Trinajstić information content (AvgIpc) is 2.85. The fraction of sp³-hybridized carbons (Fsp3) is 0.435. The molecule has 1 amide bonds. The first kappa shape index (κ1) is 23.9. The molecule has 0 spiro atoms. The van der Waals surface area contributed by atoms with Crippen molar-refractivity contribution in [3.05, 3.63) is 54.6 Å². The summed E-state index contributed by atoms with van der Waals surface area (Å²) >= 11 is 0. The van der Waals surface area contributed by atoms with Crippen molar-refractivity contribution in [2.75, 3.05) is 31.5 Å². The number of carbonyl (C=O) groups excluding carboxylic acids is 1. The number of benzene rings is 2. The highest BCUT2D eigenvalue weighted by Crippen LogP contribution is 2.26. The summed E-state index contributed by atoms with van der Waals surface area (Å²) in [6.45, 7) is 1.56. The number of nitrogens with one attached hydrogen (secondary N) is 1. The maximum atomic E-state index is 12.9. The van der Waals surface area contributed by atoms with Crippen LogP contribution in [-0.4, -0.2) is 57.5 Å². The van der Waals surface area contributed by atoms with Crippen molar-refractivity contribution >= 4 is 31.6 Å². The highest BCUT2D eigenvalue weighted by molar-refractivity contribution is 7.89. The molecule has 2 aliphatic rings. The van der Waals surface area contributed by atoms with Gasteiger partial charge in [-0.25, -0.2) is 16.8 Å². The van der Waals surface area contributed by atoms with Gasteiger partial charge < -0.3 is 5.32 Å². The van der Waals surface area contributed by atoms with Gasteiger partial charge in [0.15, 0.2) is 0 Å². The quantitative estimate of drug-likeness (QED) is 0.669. The molecule has 0 aromatic heterocycles. The Hall–Kier alpha value is -2.27. The van der Waals surface area contributed by atoms with E-state index in [4.69, 9.17) is 0 Å². The fourth-order valence-electron chi connectivity index (χ4n) is 4.33. The second kappa shape index (κ2) is 9.92. The zero-order valence-electron chi connectivity index (χ0n) is 18.4. The average molecular weight is 492 g/mol. The first-order valence-corrected chi connectivity index (χ1v) is 14.1. The Bertz CT molecular complexity index is 1180. The monoisotopic (exact) mass is 491 g/mol. The Labute approximate surface area is 195 Å². The van der Waals surface area contributed by atoms with Crippen molar-refractivity contribution in [2.24, 2.45) is 5.92 Å². The Morgan fingerprint density at radius 1 is 0.727 bits per heavy atom. The summed E-state index contributed by atoms with van der Waals surface area (Å²) in [6.07, 6.45) is 3.96. The minimum absolute atomic E-state index is 0.116. The van der Waals surface area contributed by atoms with Gasteiger partial charge in [-0.3, -0.25) is 4.79 Å². The zero-order chi connectivity index (χ0) is 23.5. The first-order chi connectivity index (χ1) is 15.8. The van der Waals surface area contributed by atoms with Crippen LogP contribution >= 0.6 is 0 Å². The molecule has 2 saturated heterocycles. The standard InChI is InChI=1S/C23H29N3O5S2/c27-23(19-8-7-17-26(18-19)33(30,31)21-9-3-1-4-10-21)24-20-11-13-22(14-12-20)32(28,29)25-15-5-2-6-16-25/h1,3-4,9-14,19H,2,5-8,15-18H2,(H,24,27)/t19-/m0/s1. The van der Waals surface area contributed by atoms with Crippen molar-refractivity contribution in [3.8, 4) is 0 Å². The Morgan fingerprint density at radius 3 is 1.97 bits per heavy atom. The highest BCUT2D eigenvalue weighted by Gasteiger charge is 2.33. The van der Waals surface area contributed by atoms with Gasteiger partial charge in [-0.05, 0) is 62.1 Å². The van der Waals surface area contributed by atoms with Crippen LogP contribution in [0.3, 0.4) is 0 Å². The molecule has 2 aliphatic heterocycles. The van der Waals surface area contributed by atoms with E-state index in [-0.39, 0.29) is 22.2 Å². The normalized spacial score (nSPS) is 20.9. The molecule has 2 aromatic carbocycles. The van der Waals surface area contributed by atoms with E-state index in [0.717, 1.165) is 19.3 Å². The van der Waals surface area contributed by atoms with E-state index in [1.165, 1.54) is 20.7 Å². The Kier molecular flexibility index (Phi) is 7.18. The summed E-state index contributed by atoms with van der Waals surface area (Å²) in [6, 6.07) is 14.4. The lowest BCUT2D eigenvalue weighted by Crippen LogP contribution is -2.43. The van der Waals surface area contributed by atoms with E-state index in [1.54, 1.807) is 42.5 Å². The molecule has 10 heteroatoms. The molecule has 8 nitrogen and oxygen atoms in total. The maximum absolute atomic E-state index is 12.9. The van der Waals surface area contributed by atoms with Gasteiger partial charge in [0.2, 0.25) is 26.0 Å². The van der Waals surface area contributed by atoms with Crippen LogP contribution in [0, 0.1) is 5.92 Å². The molecule has 2 aromatic rings. The molecule has 1 N–H and O–H groups in total. The van der Waals surface area contributed by atoms with Crippen LogP contribution in [0.1, 0.15) is 32.1 Å². The van der Waals surface area contributed by atoms with Crippen LogP contribution in [0.25, 0.3) is 0 Å². The van der Waals surface area contributed by atoms with Gasteiger partial charge in [-0.1, -0.05) is 24.6 Å². The van der Waals surface area contributed by atoms with Gasteiger partial charge in [0.05, 0.1) is 15.7 Å². The predicted molar refractivity (Wildman–Crippen MR) is 126 cm³/mol. The van der Waals surface area contributed by atoms with Gasteiger partial charge in [0, 0.05) is 31.9 Å². The van der Waals surface area contributed by atoms with Crippen LogP contribution in [-0.2, 0) is 24.8 Å². The van der Waals surface area contributed by atoms with Crippen molar-refractivity contribution in [2.45, 2.75) is 41.9 Å². The third-order valence-electron chi connectivity index (χ3n) is 6.21. The number of anilines is 1. The van der Waals surface area contributed by atoms with Crippen LogP contribution in [0.2, 0.25) is 0 Å². The van der Waals surface area contributed by atoms with Crippen molar-refractivity contribution < 1.29 is 21.6 Å². The number of piperidine rings is 2. The van der Waals surface area contributed by atoms with Gasteiger partial charge in [-0.15, -0.1) is 0 Å². The summed E-state index contributed by atoms with van der Waals surface area (Å²) in [7, 11) is -7.18. The van der Waals surface area contributed by atoms with E-state index >= 15 is 0 Å². The van der Waals surface area contributed by atoms with E-state index in [1.807, 2.05) is 0 Å². The molecular formula is C23H29N3O5S2. The molecule has 0 aliphatic carbocycles. The second-order valence-electron chi connectivity index (χ2n) is 8.49. The molecule has 2 heterocycles. The summed E-state index contributed by atoms with van der Waals surface area (Å²) in [5.41, 5.74) is 0.487. The SMILES string of the molecule is O=C(Nc1ccc(S(=O)(=O)N2CCCCC2)cc1)[C@H]1CCCN(S(=O)(=O)c2ccccc2)C1. The zero-order valence-corrected chi connectivity index (χ0v) is 20.0. The van der Waals surface area contributed by atoms with Crippen molar-refractivity contribution in [1.82, 2.24) is 8.61 Å². The number of hydrogen-bond donors (Lipinski definition) is 1. The predicted octanol–water partition coefficient (Wildman–Crippen LogP) is 2.90. The third kappa shape index (κ3) is 5.29. The molecule has 0 saturated carbocycles.